The molecular weight excluding hydrogens is 278 g/mol. The van der Waals surface area contributed by atoms with Gasteiger partial charge in [-0.05, 0) is 30.7 Å². The monoisotopic (exact) mass is 303 g/mol. The van der Waals surface area contributed by atoms with E-state index in [4.69, 9.17) is 5.11 Å². The number of rotatable bonds is 5. The summed E-state index contributed by atoms with van der Waals surface area (Å²) in [5.74, 6) is -1.15. The van der Waals surface area contributed by atoms with Gasteiger partial charge >= 0.3 is 5.97 Å². The van der Waals surface area contributed by atoms with E-state index in [1.54, 1.807) is 4.90 Å². The van der Waals surface area contributed by atoms with Crippen molar-refractivity contribution < 1.29 is 14.7 Å². The van der Waals surface area contributed by atoms with Gasteiger partial charge in [-0.25, -0.2) is 0 Å². The van der Waals surface area contributed by atoms with Crippen LogP contribution in [-0.4, -0.2) is 34.5 Å². The maximum atomic E-state index is 12.4. The second kappa shape index (κ2) is 6.51. The van der Waals surface area contributed by atoms with Gasteiger partial charge in [0.25, 0.3) is 0 Å². The molecule has 1 fully saturated rings. The average Bonchev–Trinajstić information content (AvgIpc) is 2.88. The molecule has 120 valence electrons. The molecule has 1 aromatic carbocycles. The normalized spacial score (nSPS) is 21.9. The minimum absolute atomic E-state index is 0.0634. The van der Waals surface area contributed by atoms with Crippen LogP contribution in [0.5, 0.6) is 0 Å². The SMILES string of the molecule is CC1C(C(=O)O)CCN1C(=O)CCC(C)(C)c1ccccc1. The zero-order valence-corrected chi connectivity index (χ0v) is 13.6. The van der Waals surface area contributed by atoms with Crippen LogP contribution in [-0.2, 0) is 15.0 Å². The highest BCUT2D eigenvalue weighted by atomic mass is 16.4. The van der Waals surface area contributed by atoms with E-state index in [2.05, 4.69) is 26.0 Å². The highest BCUT2D eigenvalue weighted by Crippen LogP contribution is 2.30. The Bertz CT molecular complexity index is 539. The van der Waals surface area contributed by atoms with Gasteiger partial charge in [0, 0.05) is 19.0 Å². The van der Waals surface area contributed by atoms with Crippen molar-refractivity contribution in [3.8, 4) is 0 Å². The Morgan fingerprint density at radius 1 is 1.27 bits per heavy atom. The van der Waals surface area contributed by atoms with Crippen molar-refractivity contribution in [2.75, 3.05) is 6.54 Å². The van der Waals surface area contributed by atoms with Crippen LogP contribution in [0.15, 0.2) is 30.3 Å². The Morgan fingerprint density at radius 2 is 1.91 bits per heavy atom. The van der Waals surface area contributed by atoms with Crippen LogP contribution in [0.1, 0.15) is 45.6 Å². The van der Waals surface area contributed by atoms with Crippen LogP contribution < -0.4 is 0 Å². The molecule has 4 nitrogen and oxygen atoms in total. The van der Waals surface area contributed by atoms with Crippen molar-refractivity contribution in [1.29, 1.82) is 0 Å². The molecule has 0 aliphatic carbocycles. The standard InChI is InChI=1S/C18H25NO3/c1-13-15(17(21)22)10-12-19(13)16(20)9-11-18(2,3)14-7-5-4-6-8-14/h4-8,13,15H,9-12H2,1-3H3,(H,21,22). The highest BCUT2D eigenvalue weighted by molar-refractivity contribution is 5.79. The number of hydrogen-bond acceptors (Lipinski definition) is 2. The van der Waals surface area contributed by atoms with E-state index >= 15 is 0 Å². The molecule has 2 unspecified atom stereocenters. The van der Waals surface area contributed by atoms with Crippen molar-refractivity contribution >= 4 is 11.9 Å². The first kappa shape index (κ1) is 16.5. The fourth-order valence-electron chi connectivity index (χ4n) is 3.22. The van der Waals surface area contributed by atoms with E-state index in [0.717, 1.165) is 6.42 Å². The molecule has 1 aliphatic heterocycles. The van der Waals surface area contributed by atoms with Gasteiger partial charge in [-0.3, -0.25) is 9.59 Å². The van der Waals surface area contributed by atoms with Crippen LogP contribution in [0, 0.1) is 5.92 Å². The lowest BCUT2D eigenvalue weighted by atomic mass is 9.80. The smallest absolute Gasteiger partial charge is 0.308 e. The average molecular weight is 303 g/mol. The zero-order chi connectivity index (χ0) is 16.3. The fraction of sp³-hybridized carbons (Fsp3) is 0.556. The molecule has 0 bridgehead atoms. The quantitative estimate of drug-likeness (QED) is 0.909. The number of carboxylic acid groups (broad SMARTS) is 1. The maximum Gasteiger partial charge on any atom is 0.308 e. The van der Waals surface area contributed by atoms with Gasteiger partial charge in [0.15, 0.2) is 0 Å². The predicted molar refractivity (Wildman–Crippen MR) is 85.6 cm³/mol. The second-order valence-electron chi connectivity index (χ2n) is 6.81. The van der Waals surface area contributed by atoms with Gasteiger partial charge < -0.3 is 10.0 Å². The third-order valence-corrected chi connectivity index (χ3v) is 4.91. The summed E-state index contributed by atoms with van der Waals surface area (Å²) < 4.78 is 0. The predicted octanol–water partition coefficient (Wildman–Crippen LogP) is 3.07. The number of hydrogen-bond donors (Lipinski definition) is 1. The van der Waals surface area contributed by atoms with Gasteiger partial charge in [0.2, 0.25) is 5.91 Å². The maximum absolute atomic E-state index is 12.4. The van der Waals surface area contributed by atoms with Crippen LogP contribution in [0.4, 0.5) is 0 Å². The van der Waals surface area contributed by atoms with E-state index in [1.165, 1.54) is 5.56 Å². The number of carbonyl (C=O) groups is 2. The first-order valence-corrected chi connectivity index (χ1v) is 7.91. The Labute approximate surface area is 132 Å². The molecule has 22 heavy (non-hydrogen) atoms. The summed E-state index contributed by atoms with van der Waals surface area (Å²) in [5.41, 5.74) is 1.16. The molecule has 1 aliphatic rings. The molecule has 2 rings (SSSR count). The van der Waals surface area contributed by atoms with Crippen molar-refractivity contribution in [3.63, 3.8) is 0 Å². The summed E-state index contributed by atoms with van der Waals surface area (Å²) in [4.78, 5) is 25.3. The summed E-state index contributed by atoms with van der Waals surface area (Å²) in [6, 6.07) is 9.98. The van der Waals surface area contributed by atoms with Gasteiger partial charge in [0.1, 0.15) is 0 Å². The number of amides is 1. The van der Waals surface area contributed by atoms with Gasteiger partial charge in [-0.1, -0.05) is 44.2 Å². The van der Waals surface area contributed by atoms with Crippen LogP contribution >= 0.6 is 0 Å². The number of aliphatic carboxylic acids is 1. The molecule has 2 atom stereocenters. The molecule has 1 amide bonds. The Balaban J connectivity index is 1.95. The largest absolute Gasteiger partial charge is 0.481 e. The summed E-state index contributed by atoms with van der Waals surface area (Å²) >= 11 is 0. The van der Waals surface area contributed by atoms with E-state index in [0.29, 0.717) is 19.4 Å². The second-order valence-corrected chi connectivity index (χ2v) is 6.81. The molecule has 1 heterocycles. The summed E-state index contributed by atoms with van der Waals surface area (Å²) in [6.07, 6.45) is 1.78. The topological polar surface area (TPSA) is 57.6 Å². The van der Waals surface area contributed by atoms with Crippen LogP contribution in [0.25, 0.3) is 0 Å². The number of carboxylic acids is 1. The van der Waals surface area contributed by atoms with Crippen LogP contribution in [0.3, 0.4) is 0 Å². The summed E-state index contributed by atoms with van der Waals surface area (Å²) in [7, 11) is 0. The molecule has 1 aromatic rings. The fourth-order valence-corrected chi connectivity index (χ4v) is 3.22. The van der Waals surface area contributed by atoms with Gasteiger partial charge in [-0.2, -0.15) is 0 Å². The number of likely N-dealkylation sites (tertiary alicyclic amines) is 1. The first-order chi connectivity index (χ1) is 10.3. The van der Waals surface area contributed by atoms with Gasteiger partial charge in [-0.15, -0.1) is 0 Å². The lowest BCUT2D eigenvalue weighted by molar-refractivity contribution is -0.143. The number of nitrogens with zero attached hydrogens (tertiary/aromatic N) is 1. The number of carbonyl (C=O) groups excluding carboxylic acids is 1. The van der Waals surface area contributed by atoms with E-state index in [1.807, 2.05) is 25.1 Å². The summed E-state index contributed by atoms with van der Waals surface area (Å²) in [6.45, 7) is 6.68. The lowest BCUT2D eigenvalue weighted by Crippen LogP contribution is -2.38. The lowest BCUT2D eigenvalue weighted by Gasteiger charge is -2.28. The zero-order valence-electron chi connectivity index (χ0n) is 13.6. The number of benzene rings is 1. The van der Waals surface area contributed by atoms with E-state index < -0.39 is 11.9 Å². The van der Waals surface area contributed by atoms with Crippen molar-refractivity contribution in [2.24, 2.45) is 5.92 Å². The molecule has 0 spiro atoms. The minimum Gasteiger partial charge on any atom is -0.481 e. The molecular formula is C18H25NO3. The van der Waals surface area contributed by atoms with E-state index in [9.17, 15) is 9.59 Å². The Morgan fingerprint density at radius 3 is 2.45 bits per heavy atom. The highest BCUT2D eigenvalue weighted by Gasteiger charge is 2.38. The van der Waals surface area contributed by atoms with E-state index in [-0.39, 0.29) is 17.4 Å². The third-order valence-electron chi connectivity index (χ3n) is 4.91. The first-order valence-electron chi connectivity index (χ1n) is 7.91. The van der Waals surface area contributed by atoms with Crippen LogP contribution in [0.2, 0.25) is 0 Å². The van der Waals surface area contributed by atoms with Crippen molar-refractivity contribution in [2.45, 2.75) is 51.5 Å². The van der Waals surface area contributed by atoms with Gasteiger partial charge in [0.05, 0.1) is 5.92 Å². The Kier molecular flexibility index (Phi) is 4.89. The molecule has 1 saturated heterocycles. The minimum atomic E-state index is -0.799. The van der Waals surface area contributed by atoms with Crippen molar-refractivity contribution in [3.05, 3.63) is 35.9 Å². The Hall–Kier alpha value is -1.84. The molecule has 0 radical (unpaired) electrons. The van der Waals surface area contributed by atoms with Crippen molar-refractivity contribution in [1.82, 2.24) is 4.90 Å². The molecule has 1 N–H and O–H groups in total. The summed E-state index contributed by atoms with van der Waals surface area (Å²) in [5, 5.41) is 9.15. The molecule has 4 heteroatoms. The molecule has 0 saturated carbocycles. The molecule has 0 aromatic heterocycles. The third kappa shape index (κ3) is 3.49.